The molecule has 0 unspecified atom stereocenters. The van der Waals surface area contributed by atoms with Crippen LogP contribution in [0.1, 0.15) is 43.2 Å². The molecule has 3 fully saturated rings. The first kappa shape index (κ1) is 25.7. The summed E-state index contributed by atoms with van der Waals surface area (Å²) in [6, 6.07) is 18.5. The van der Waals surface area contributed by atoms with E-state index >= 15 is 0 Å². The Morgan fingerprint density at radius 2 is 1.72 bits per heavy atom. The summed E-state index contributed by atoms with van der Waals surface area (Å²) in [6.07, 6.45) is 10.4. The molecule has 2 aromatic carbocycles. The Bertz CT molecular complexity index is 1290. The lowest BCUT2D eigenvalue weighted by Crippen LogP contribution is -2.54. The Kier molecular flexibility index (Phi) is 6.50. The monoisotopic (exact) mass is 526 g/mol. The molecule has 2 aliphatic carbocycles. The van der Waals surface area contributed by atoms with E-state index in [2.05, 4.69) is 60.7 Å². The van der Waals surface area contributed by atoms with Gasteiger partial charge in [-0.1, -0.05) is 54.6 Å². The number of likely N-dealkylation sites (tertiary alicyclic amines) is 1. The van der Waals surface area contributed by atoms with Crippen LogP contribution in [-0.4, -0.2) is 66.0 Å². The lowest BCUT2D eigenvalue weighted by Gasteiger charge is -2.48. The Morgan fingerprint density at radius 3 is 2.38 bits per heavy atom. The van der Waals surface area contributed by atoms with Crippen molar-refractivity contribution in [2.24, 2.45) is 5.92 Å². The molecule has 6 rings (SSSR count). The topological polar surface area (TPSA) is 65.1 Å². The van der Waals surface area contributed by atoms with Crippen molar-refractivity contribution in [3.8, 4) is 5.75 Å². The normalized spacial score (nSPS) is 30.1. The molecule has 2 atom stereocenters. The van der Waals surface area contributed by atoms with Crippen molar-refractivity contribution in [1.82, 2.24) is 20.0 Å². The smallest absolute Gasteiger partial charge is 0.318 e. The zero-order valence-electron chi connectivity index (χ0n) is 23.1. The van der Waals surface area contributed by atoms with E-state index in [1.54, 1.807) is 7.11 Å². The second-order valence-electron chi connectivity index (χ2n) is 11.7. The Morgan fingerprint density at radius 1 is 1.00 bits per heavy atom. The maximum absolute atomic E-state index is 13.5. The predicted octanol–water partition coefficient (Wildman–Crippen LogP) is 4.66. The number of hydrogen-bond acceptors (Lipinski definition) is 4. The summed E-state index contributed by atoms with van der Waals surface area (Å²) in [7, 11) is 5.98. The van der Waals surface area contributed by atoms with Crippen LogP contribution < -0.4 is 10.1 Å². The molecule has 2 aliphatic heterocycles. The van der Waals surface area contributed by atoms with Crippen molar-refractivity contribution < 1.29 is 14.3 Å². The highest BCUT2D eigenvalue weighted by Crippen LogP contribution is 2.47. The van der Waals surface area contributed by atoms with E-state index in [1.807, 2.05) is 46.2 Å². The number of allylic oxidation sites excluding steroid dienone is 2. The number of rotatable bonds is 6. The van der Waals surface area contributed by atoms with Gasteiger partial charge in [0.05, 0.1) is 25.2 Å². The molecule has 2 heterocycles. The zero-order valence-corrected chi connectivity index (χ0v) is 23.1. The molecular formula is C32H38N4O3. The van der Waals surface area contributed by atoms with Gasteiger partial charge in [-0.05, 0) is 69.1 Å². The number of carbonyl (C=O) groups is 2. The van der Waals surface area contributed by atoms with E-state index in [9.17, 15) is 9.59 Å². The molecule has 1 saturated carbocycles. The van der Waals surface area contributed by atoms with Crippen LogP contribution in [0.2, 0.25) is 0 Å². The maximum atomic E-state index is 13.5. The fourth-order valence-electron chi connectivity index (χ4n) is 7.22. The fourth-order valence-corrected chi connectivity index (χ4v) is 7.22. The number of methoxy groups -OCH3 is 1. The molecule has 0 bridgehead atoms. The van der Waals surface area contributed by atoms with E-state index in [0.717, 1.165) is 42.7 Å². The summed E-state index contributed by atoms with van der Waals surface area (Å²) in [5, 5.41) is 3.40. The molecule has 39 heavy (non-hydrogen) atoms. The van der Waals surface area contributed by atoms with Gasteiger partial charge in [-0.25, -0.2) is 4.79 Å². The van der Waals surface area contributed by atoms with E-state index in [-0.39, 0.29) is 35.0 Å². The van der Waals surface area contributed by atoms with Crippen molar-refractivity contribution in [1.29, 1.82) is 0 Å². The number of nitrogens with zero attached hydrogens (tertiary/aromatic N) is 3. The van der Waals surface area contributed by atoms with Gasteiger partial charge < -0.3 is 19.9 Å². The standard InChI is InChI=1S/C32H38N4O3/c1-34(2)32(24-8-5-4-6-9-24)18-16-31(17-19-32)22-36(30(38)33-31)28-11-7-10-27-26(28)20-29(37)35(27)21-23-12-14-25(39-3)15-13-23/h4-15,26,28H,16-22H2,1-3H3,(H,33,38)/t26-,28-,31?,32?/m0/s1. The molecule has 2 aromatic rings. The third-order valence-electron chi connectivity index (χ3n) is 9.54. The second kappa shape index (κ2) is 9.87. The minimum Gasteiger partial charge on any atom is -0.497 e. The predicted molar refractivity (Wildman–Crippen MR) is 151 cm³/mol. The molecule has 1 spiro atoms. The lowest BCUT2D eigenvalue weighted by atomic mass is 9.69. The van der Waals surface area contributed by atoms with Crippen LogP contribution in [-0.2, 0) is 16.9 Å². The first-order valence-electron chi connectivity index (χ1n) is 14.0. The van der Waals surface area contributed by atoms with Crippen molar-refractivity contribution in [2.75, 3.05) is 27.7 Å². The Balaban J connectivity index is 1.17. The number of nitrogens with one attached hydrogen (secondary N) is 1. The van der Waals surface area contributed by atoms with E-state index in [0.29, 0.717) is 19.5 Å². The number of ether oxygens (including phenoxy) is 1. The van der Waals surface area contributed by atoms with Crippen molar-refractivity contribution in [3.05, 3.63) is 89.6 Å². The minimum absolute atomic E-state index is 0.0102. The third-order valence-corrected chi connectivity index (χ3v) is 9.54. The highest BCUT2D eigenvalue weighted by atomic mass is 16.5. The SMILES string of the molecule is COc1ccc(CN2C(=O)C[C@H]3C2=CC=C[C@@H]3N2CC3(CCC(c4ccccc4)(N(C)C)CC3)NC2=O)cc1. The van der Waals surface area contributed by atoms with Gasteiger partial charge in [-0.3, -0.25) is 9.69 Å². The molecule has 1 N–H and O–H groups in total. The van der Waals surface area contributed by atoms with Crippen LogP contribution in [0.5, 0.6) is 5.75 Å². The first-order chi connectivity index (χ1) is 18.8. The largest absolute Gasteiger partial charge is 0.497 e. The van der Waals surface area contributed by atoms with Gasteiger partial charge in [0.15, 0.2) is 0 Å². The van der Waals surface area contributed by atoms with Gasteiger partial charge >= 0.3 is 6.03 Å². The molecule has 7 heteroatoms. The fraction of sp³-hybridized carbons (Fsp3) is 0.438. The molecule has 4 aliphatic rings. The average Bonchev–Trinajstić information content (AvgIpc) is 3.45. The lowest BCUT2D eigenvalue weighted by molar-refractivity contribution is -0.127. The van der Waals surface area contributed by atoms with Crippen LogP contribution in [0.25, 0.3) is 0 Å². The quantitative estimate of drug-likeness (QED) is 0.595. The van der Waals surface area contributed by atoms with E-state index in [1.165, 1.54) is 5.56 Å². The zero-order chi connectivity index (χ0) is 27.2. The number of benzene rings is 2. The first-order valence-corrected chi connectivity index (χ1v) is 14.0. The Labute approximate surface area is 231 Å². The minimum atomic E-state index is -0.230. The van der Waals surface area contributed by atoms with E-state index in [4.69, 9.17) is 4.74 Å². The van der Waals surface area contributed by atoms with Crippen LogP contribution in [0, 0.1) is 5.92 Å². The van der Waals surface area contributed by atoms with Crippen molar-refractivity contribution in [3.63, 3.8) is 0 Å². The highest BCUT2D eigenvalue weighted by Gasteiger charge is 2.53. The summed E-state index contributed by atoms with van der Waals surface area (Å²) in [4.78, 5) is 32.9. The van der Waals surface area contributed by atoms with Crippen molar-refractivity contribution >= 4 is 11.9 Å². The summed E-state index contributed by atoms with van der Waals surface area (Å²) in [5.41, 5.74) is 3.16. The third kappa shape index (κ3) is 4.42. The van der Waals surface area contributed by atoms with Crippen molar-refractivity contribution in [2.45, 2.75) is 55.8 Å². The van der Waals surface area contributed by atoms with Gasteiger partial charge in [0.2, 0.25) is 5.91 Å². The maximum Gasteiger partial charge on any atom is 0.318 e. The van der Waals surface area contributed by atoms with Crippen LogP contribution in [0.3, 0.4) is 0 Å². The molecule has 2 saturated heterocycles. The number of carbonyl (C=O) groups excluding carboxylic acids is 2. The van der Waals surface area contributed by atoms with Gasteiger partial charge in [0.1, 0.15) is 5.75 Å². The molecule has 204 valence electrons. The Hall–Kier alpha value is -3.58. The number of urea groups is 1. The van der Waals surface area contributed by atoms with E-state index < -0.39 is 0 Å². The summed E-state index contributed by atoms with van der Waals surface area (Å²) in [6.45, 7) is 1.20. The average molecular weight is 527 g/mol. The van der Waals surface area contributed by atoms with Gasteiger partial charge in [-0.2, -0.15) is 0 Å². The summed E-state index contributed by atoms with van der Waals surface area (Å²) < 4.78 is 5.27. The summed E-state index contributed by atoms with van der Waals surface area (Å²) >= 11 is 0. The highest BCUT2D eigenvalue weighted by molar-refractivity contribution is 5.84. The van der Waals surface area contributed by atoms with Gasteiger partial charge in [0, 0.05) is 30.1 Å². The molecule has 7 nitrogen and oxygen atoms in total. The van der Waals surface area contributed by atoms with Crippen LogP contribution in [0.4, 0.5) is 4.79 Å². The molecule has 0 radical (unpaired) electrons. The molecular weight excluding hydrogens is 488 g/mol. The number of fused-ring (bicyclic) bond motifs is 1. The number of hydrogen-bond donors (Lipinski definition) is 1. The molecule has 3 amide bonds. The van der Waals surface area contributed by atoms with Gasteiger partial charge in [-0.15, -0.1) is 0 Å². The van der Waals surface area contributed by atoms with Crippen LogP contribution >= 0.6 is 0 Å². The molecule has 0 aromatic heterocycles. The number of amides is 3. The van der Waals surface area contributed by atoms with Crippen LogP contribution in [0.15, 0.2) is 78.5 Å². The second-order valence-corrected chi connectivity index (χ2v) is 11.7. The van der Waals surface area contributed by atoms with Gasteiger partial charge in [0.25, 0.3) is 0 Å². The summed E-state index contributed by atoms with van der Waals surface area (Å²) in [5.74, 6) is 0.893.